The first-order chi connectivity index (χ1) is 10.4. The molecule has 2 aromatic carbocycles. The van der Waals surface area contributed by atoms with Crippen molar-refractivity contribution < 1.29 is 9.31 Å². The van der Waals surface area contributed by atoms with Crippen LogP contribution in [0.3, 0.4) is 0 Å². The van der Waals surface area contributed by atoms with Crippen molar-refractivity contribution in [1.29, 1.82) is 0 Å². The summed E-state index contributed by atoms with van der Waals surface area (Å²) < 4.78 is 13.7. The van der Waals surface area contributed by atoms with Crippen LogP contribution in [0.25, 0.3) is 0 Å². The Bertz CT molecular complexity index is 758. The molecular formula is C13H8Cl2FN3O2S. The van der Waals surface area contributed by atoms with Gasteiger partial charge >= 0.3 is 0 Å². The number of thiocarbonyl (C=S) groups is 1. The largest absolute Gasteiger partial charge is 0.331 e. The van der Waals surface area contributed by atoms with Crippen LogP contribution in [0, 0.1) is 15.9 Å². The minimum absolute atomic E-state index is 0.0172. The topological polar surface area (TPSA) is 67.2 Å². The number of benzene rings is 2. The van der Waals surface area contributed by atoms with E-state index in [9.17, 15) is 14.5 Å². The van der Waals surface area contributed by atoms with Gasteiger partial charge in [-0.05, 0) is 30.4 Å². The summed E-state index contributed by atoms with van der Waals surface area (Å²) in [4.78, 5) is 10.1. The van der Waals surface area contributed by atoms with Gasteiger partial charge in [-0.15, -0.1) is 0 Å². The Kier molecular flexibility index (Phi) is 5.12. The van der Waals surface area contributed by atoms with Crippen molar-refractivity contribution in [2.75, 3.05) is 10.6 Å². The van der Waals surface area contributed by atoms with Gasteiger partial charge in [0.2, 0.25) is 0 Å². The number of nitrogens with zero attached hydrogens (tertiary/aromatic N) is 1. The Hall–Kier alpha value is -1.96. The Morgan fingerprint density at radius 3 is 2.55 bits per heavy atom. The van der Waals surface area contributed by atoms with Crippen LogP contribution in [0.4, 0.5) is 21.5 Å². The van der Waals surface area contributed by atoms with Crippen molar-refractivity contribution in [2.24, 2.45) is 0 Å². The molecule has 0 atom stereocenters. The smallest absolute Gasteiger partial charge is 0.271 e. The van der Waals surface area contributed by atoms with Crippen LogP contribution < -0.4 is 10.6 Å². The van der Waals surface area contributed by atoms with E-state index in [0.717, 1.165) is 18.2 Å². The molecule has 2 N–H and O–H groups in total. The molecule has 0 fully saturated rings. The molecular weight excluding hydrogens is 352 g/mol. The zero-order valence-corrected chi connectivity index (χ0v) is 13.1. The lowest BCUT2D eigenvalue weighted by molar-refractivity contribution is -0.384. The average Bonchev–Trinajstić information content (AvgIpc) is 2.46. The first-order valence-corrected chi connectivity index (χ1v) is 7.01. The highest BCUT2D eigenvalue weighted by molar-refractivity contribution is 7.80. The maximum Gasteiger partial charge on any atom is 0.271 e. The maximum absolute atomic E-state index is 13.7. The van der Waals surface area contributed by atoms with Crippen LogP contribution in [-0.2, 0) is 0 Å². The van der Waals surface area contributed by atoms with Gasteiger partial charge in [-0.25, -0.2) is 4.39 Å². The van der Waals surface area contributed by atoms with Gasteiger partial charge in [-0.2, -0.15) is 0 Å². The number of nitro groups is 1. The van der Waals surface area contributed by atoms with Crippen molar-refractivity contribution in [1.82, 2.24) is 0 Å². The number of non-ortho nitro benzene ring substituents is 1. The zero-order valence-electron chi connectivity index (χ0n) is 10.8. The fourth-order valence-electron chi connectivity index (χ4n) is 1.60. The van der Waals surface area contributed by atoms with Crippen LogP contribution in [-0.4, -0.2) is 10.0 Å². The van der Waals surface area contributed by atoms with Crippen molar-refractivity contribution in [2.45, 2.75) is 0 Å². The van der Waals surface area contributed by atoms with Crippen LogP contribution in [0.15, 0.2) is 36.4 Å². The molecule has 2 aromatic rings. The summed E-state index contributed by atoms with van der Waals surface area (Å²) in [5, 5.41) is 16.6. The molecule has 0 saturated heterocycles. The summed E-state index contributed by atoms with van der Waals surface area (Å²) in [6, 6.07) is 7.98. The molecule has 2 rings (SSSR count). The Morgan fingerprint density at radius 1 is 1.18 bits per heavy atom. The summed E-state index contributed by atoms with van der Waals surface area (Å²) in [5.74, 6) is -0.674. The van der Waals surface area contributed by atoms with Crippen LogP contribution >= 0.6 is 35.4 Å². The number of anilines is 2. The van der Waals surface area contributed by atoms with E-state index < -0.39 is 10.7 Å². The zero-order chi connectivity index (χ0) is 16.3. The lowest BCUT2D eigenvalue weighted by atomic mass is 10.2. The Balaban J connectivity index is 2.17. The van der Waals surface area contributed by atoms with Crippen LogP contribution in [0.5, 0.6) is 0 Å². The molecule has 114 valence electrons. The van der Waals surface area contributed by atoms with E-state index >= 15 is 0 Å². The summed E-state index contributed by atoms with van der Waals surface area (Å²) in [6.45, 7) is 0. The minimum atomic E-state index is -0.674. The van der Waals surface area contributed by atoms with E-state index in [-0.39, 0.29) is 21.5 Å². The van der Waals surface area contributed by atoms with E-state index in [0.29, 0.717) is 10.7 Å². The number of hydrogen-bond acceptors (Lipinski definition) is 3. The third kappa shape index (κ3) is 3.82. The van der Waals surface area contributed by atoms with Gasteiger partial charge in [-0.1, -0.05) is 29.3 Å². The predicted octanol–water partition coefficient (Wildman–Crippen LogP) is 4.85. The molecule has 22 heavy (non-hydrogen) atoms. The summed E-state index contributed by atoms with van der Waals surface area (Å²) in [5.41, 5.74) is 0.0508. The minimum Gasteiger partial charge on any atom is -0.331 e. The second kappa shape index (κ2) is 6.87. The molecule has 0 amide bonds. The van der Waals surface area contributed by atoms with Crippen LogP contribution in [0.2, 0.25) is 10.0 Å². The number of nitrogens with one attached hydrogen (secondary N) is 2. The van der Waals surface area contributed by atoms with E-state index in [2.05, 4.69) is 10.6 Å². The van der Waals surface area contributed by atoms with E-state index in [1.807, 2.05) is 0 Å². The van der Waals surface area contributed by atoms with Gasteiger partial charge in [-0.3, -0.25) is 10.1 Å². The second-order valence-corrected chi connectivity index (χ2v) is 5.30. The van der Waals surface area contributed by atoms with Crippen LogP contribution in [0.1, 0.15) is 0 Å². The highest BCUT2D eigenvalue weighted by Crippen LogP contribution is 2.29. The Labute approximate surface area is 140 Å². The molecule has 0 saturated carbocycles. The lowest BCUT2D eigenvalue weighted by Crippen LogP contribution is -2.20. The average molecular weight is 360 g/mol. The van der Waals surface area contributed by atoms with Crippen molar-refractivity contribution in [3.8, 4) is 0 Å². The number of nitro benzene ring substituents is 1. The van der Waals surface area contributed by atoms with Crippen molar-refractivity contribution in [3.63, 3.8) is 0 Å². The SMILES string of the molecule is O=[N+]([O-])c1ccc(F)c(NC(=S)Nc2cccc(Cl)c2Cl)c1. The molecule has 0 heterocycles. The van der Waals surface area contributed by atoms with Crippen molar-refractivity contribution >= 4 is 57.6 Å². The molecule has 0 aliphatic rings. The molecule has 0 radical (unpaired) electrons. The first kappa shape index (κ1) is 16.4. The first-order valence-electron chi connectivity index (χ1n) is 5.84. The van der Waals surface area contributed by atoms with Gasteiger partial charge < -0.3 is 10.6 Å². The molecule has 0 aliphatic carbocycles. The highest BCUT2D eigenvalue weighted by atomic mass is 35.5. The molecule has 9 heteroatoms. The second-order valence-electron chi connectivity index (χ2n) is 4.10. The van der Waals surface area contributed by atoms with Crippen molar-refractivity contribution in [3.05, 3.63) is 62.4 Å². The molecule has 0 bridgehead atoms. The van der Waals surface area contributed by atoms with E-state index in [1.54, 1.807) is 18.2 Å². The molecule has 0 aliphatic heterocycles. The monoisotopic (exact) mass is 359 g/mol. The lowest BCUT2D eigenvalue weighted by Gasteiger charge is -2.12. The quantitative estimate of drug-likeness (QED) is 0.465. The number of rotatable bonds is 3. The van der Waals surface area contributed by atoms with E-state index in [1.165, 1.54) is 0 Å². The summed E-state index contributed by atoms with van der Waals surface area (Å²) in [7, 11) is 0. The highest BCUT2D eigenvalue weighted by Gasteiger charge is 2.12. The standard InChI is InChI=1S/C13H8Cl2FN3O2S/c14-8-2-1-3-10(12(8)15)17-13(22)18-11-6-7(19(20)21)4-5-9(11)16/h1-6H,(H2,17,18,22). The van der Waals surface area contributed by atoms with Gasteiger partial charge in [0.1, 0.15) is 5.82 Å². The number of halogens is 3. The van der Waals surface area contributed by atoms with Gasteiger partial charge in [0, 0.05) is 12.1 Å². The molecule has 0 unspecified atom stereocenters. The third-order valence-electron chi connectivity index (χ3n) is 2.61. The third-order valence-corrected chi connectivity index (χ3v) is 3.63. The molecule has 0 spiro atoms. The molecule has 0 aromatic heterocycles. The summed E-state index contributed by atoms with van der Waals surface area (Å²) >= 11 is 16.9. The van der Waals surface area contributed by atoms with Gasteiger partial charge in [0.25, 0.3) is 5.69 Å². The van der Waals surface area contributed by atoms with Gasteiger partial charge in [0.15, 0.2) is 5.11 Å². The fourth-order valence-corrected chi connectivity index (χ4v) is 2.17. The van der Waals surface area contributed by atoms with E-state index in [4.69, 9.17) is 35.4 Å². The fraction of sp³-hybridized carbons (Fsp3) is 0. The number of hydrogen-bond donors (Lipinski definition) is 2. The van der Waals surface area contributed by atoms with Gasteiger partial charge in [0.05, 0.1) is 26.3 Å². The molecule has 5 nitrogen and oxygen atoms in total. The predicted molar refractivity (Wildman–Crippen MR) is 89.4 cm³/mol. The normalized spacial score (nSPS) is 10.1. The maximum atomic E-state index is 13.7. The summed E-state index contributed by atoms with van der Waals surface area (Å²) in [6.07, 6.45) is 0. The Morgan fingerprint density at radius 2 is 1.86 bits per heavy atom.